The predicted octanol–water partition coefficient (Wildman–Crippen LogP) is 2.20. The molecule has 0 heterocycles. The van der Waals surface area contributed by atoms with Gasteiger partial charge in [0.05, 0.1) is 0 Å². The second-order valence-electron chi connectivity index (χ2n) is 4.36. The standard InChI is InChI=1S/C12H14O/c13-6-5-8-3-4-11-9-1-2-10(7-9)12(8)11/h1-4,6,8-12H,5,7H2/t8-,9-,10+,11-,12+/m0/s1/i8D. The maximum absolute atomic E-state index is 10.6. The maximum atomic E-state index is 10.6. The number of aldehydes is 1. The summed E-state index contributed by atoms with van der Waals surface area (Å²) in [6, 6.07) is 0. The summed E-state index contributed by atoms with van der Waals surface area (Å²) in [7, 11) is 0. The molecule has 0 amide bonds. The molecule has 0 unspecified atom stereocenters. The van der Waals surface area contributed by atoms with E-state index in [4.69, 9.17) is 1.37 Å². The fourth-order valence-corrected chi connectivity index (χ4v) is 3.29. The van der Waals surface area contributed by atoms with Crippen molar-refractivity contribution in [1.82, 2.24) is 0 Å². The summed E-state index contributed by atoms with van der Waals surface area (Å²) in [5.74, 6) is 1.53. The first kappa shape index (κ1) is 6.58. The zero-order chi connectivity index (χ0) is 9.76. The molecule has 1 nitrogen and oxygen atoms in total. The van der Waals surface area contributed by atoms with Crippen molar-refractivity contribution in [2.24, 2.45) is 29.6 Å². The Balaban J connectivity index is 1.95. The lowest BCUT2D eigenvalue weighted by Crippen LogP contribution is -2.20. The van der Waals surface area contributed by atoms with Gasteiger partial charge in [-0.2, -0.15) is 0 Å². The molecule has 2 bridgehead atoms. The molecule has 1 fully saturated rings. The monoisotopic (exact) mass is 175 g/mol. The van der Waals surface area contributed by atoms with Crippen molar-refractivity contribution >= 4 is 6.29 Å². The molecule has 0 aromatic carbocycles. The van der Waals surface area contributed by atoms with Gasteiger partial charge in [-0.1, -0.05) is 24.3 Å². The molecular formula is C12H14O. The molecule has 5 atom stereocenters. The molecule has 3 aliphatic carbocycles. The molecule has 0 aromatic rings. The highest BCUT2D eigenvalue weighted by atomic mass is 16.1. The van der Waals surface area contributed by atoms with Crippen molar-refractivity contribution in [2.45, 2.75) is 12.8 Å². The highest BCUT2D eigenvalue weighted by molar-refractivity contribution is 5.51. The molecule has 13 heavy (non-hydrogen) atoms. The lowest BCUT2D eigenvalue weighted by Gasteiger charge is -2.24. The Hall–Kier alpha value is -0.850. The van der Waals surface area contributed by atoms with Crippen LogP contribution in [-0.2, 0) is 4.79 Å². The fraction of sp³-hybridized carbons (Fsp3) is 0.583. The molecule has 0 aromatic heterocycles. The molecule has 68 valence electrons. The second-order valence-corrected chi connectivity index (χ2v) is 4.36. The van der Waals surface area contributed by atoms with Crippen LogP contribution >= 0.6 is 0 Å². The van der Waals surface area contributed by atoms with Gasteiger partial charge in [0.15, 0.2) is 0 Å². The molecule has 1 heteroatoms. The van der Waals surface area contributed by atoms with Crippen LogP contribution in [0.15, 0.2) is 24.3 Å². The summed E-state index contributed by atoms with van der Waals surface area (Å²) in [5.41, 5.74) is 0. The van der Waals surface area contributed by atoms with Crippen LogP contribution in [0, 0.1) is 29.6 Å². The summed E-state index contributed by atoms with van der Waals surface area (Å²) in [4.78, 5) is 10.6. The van der Waals surface area contributed by atoms with Crippen molar-refractivity contribution in [2.75, 3.05) is 0 Å². The zero-order valence-electron chi connectivity index (χ0n) is 8.52. The Labute approximate surface area is 79.9 Å². The van der Waals surface area contributed by atoms with Crippen LogP contribution < -0.4 is 0 Å². The van der Waals surface area contributed by atoms with Crippen LogP contribution in [0.3, 0.4) is 0 Å². The third kappa shape index (κ3) is 0.903. The number of hydrogen-bond donors (Lipinski definition) is 0. The van der Waals surface area contributed by atoms with E-state index in [1.54, 1.807) is 0 Å². The second kappa shape index (κ2) is 2.57. The molecule has 0 saturated heterocycles. The van der Waals surface area contributed by atoms with Gasteiger partial charge in [0.2, 0.25) is 0 Å². The smallest absolute Gasteiger partial charge is 0.120 e. The minimum Gasteiger partial charge on any atom is -0.303 e. The Morgan fingerprint density at radius 1 is 1.31 bits per heavy atom. The highest BCUT2D eigenvalue weighted by Crippen LogP contribution is 2.55. The van der Waals surface area contributed by atoms with Crippen molar-refractivity contribution in [1.29, 1.82) is 0 Å². The lowest BCUT2D eigenvalue weighted by atomic mass is 9.79. The van der Waals surface area contributed by atoms with E-state index in [1.165, 1.54) is 6.42 Å². The normalized spacial score (nSPS) is 56.8. The Morgan fingerprint density at radius 3 is 3.00 bits per heavy atom. The van der Waals surface area contributed by atoms with Gasteiger partial charge in [0.25, 0.3) is 0 Å². The molecule has 3 aliphatic rings. The van der Waals surface area contributed by atoms with Gasteiger partial charge in [-0.3, -0.25) is 0 Å². The van der Waals surface area contributed by atoms with E-state index in [0.29, 0.717) is 30.1 Å². The number of carbonyl (C=O) groups is 1. The summed E-state index contributed by atoms with van der Waals surface area (Å²) >= 11 is 0. The first-order valence-electron chi connectivity index (χ1n) is 5.56. The SMILES string of the molecule is [2H][C@@]1(CC=O)C=C[C@@H]2[C@H]1[C@@H]1C=C[C@H]2C1. The summed E-state index contributed by atoms with van der Waals surface area (Å²) in [6.45, 7) is 0. The van der Waals surface area contributed by atoms with E-state index in [0.717, 1.165) is 6.29 Å². The van der Waals surface area contributed by atoms with Gasteiger partial charge in [-0.05, 0) is 36.0 Å². The molecular weight excluding hydrogens is 160 g/mol. The van der Waals surface area contributed by atoms with Crippen molar-refractivity contribution < 1.29 is 6.17 Å². The van der Waals surface area contributed by atoms with E-state index in [1.807, 2.05) is 6.08 Å². The number of carbonyl (C=O) groups excluding carboxylic acids is 1. The first-order chi connectivity index (χ1) is 6.74. The third-order valence-corrected chi connectivity index (χ3v) is 3.80. The quantitative estimate of drug-likeness (QED) is 0.464. The van der Waals surface area contributed by atoms with Crippen LogP contribution in [-0.4, -0.2) is 6.29 Å². The Morgan fingerprint density at radius 2 is 2.15 bits per heavy atom. The van der Waals surface area contributed by atoms with Gasteiger partial charge in [0, 0.05) is 7.79 Å². The highest BCUT2D eigenvalue weighted by Gasteiger charge is 2.48. The van der Waals surface area contributed by atoms with Crippen LogP contribution in [0.1, 0.15) is 14.2 Å². The molecule has 0 spiro atoms. The van der Waals surface area contributed by atoms with E-state index in [-0.39, 0.29) is 0 Å². The van der Waals surface area contributed by atoms with Crippen LogP contribution in [0.4, 0.5) is 0 Å². The Kier molecular flexibility index (Phi) is 1.30. The first-order valence-corrected chi connectivity index (χ1v) is 5.06. The Bertz CT molecular complexity index is 333. The molecule has 0 radical (unpaired) electrons. The molecule has 3 rings (SSSR count). The van der Waals surface area contributed by atoms with Gasteiger partial charge in [0.1, 0.15) is 6.29 Å². The van der Waals surface area contributed by atoms with Crippen molar-refractivity contribution in [3.05, 3.63) is 24.3 Å². The van der Waals surface area contributed by atoms with E-state index < -0.39 is 5.89 Å². The van der Waals surface area contributed by atoms with Gasteiger partial charge in [-0.15, -0.1) is 0 Å². The van der Waals surface area contributed by atoms with Gasteiger partial charge < -0.3 is 4.79 Å². The van der Waals surface area contributed by atoms with Crippen LogP contribution in [0.5, 0.6) is 0 Å². The lowest BCUT2D eigenvalue weighted by molar-refractivity contribution is -0.108. The zero-order valence-corrected chi connectivity index (χ0v) is 7.52. The van der Waals surface area contributed by atoms with E-state index in [9.17, 15) is 4.79 Å². The van der Waals surface area contributed by atoms with Crippen LogP contribution in [0.25, 0.3) is 0 Å². The fourth-order valence-electron chi connectivity index (χ4n) is 3.29. The number of rotatable bonds is 2. The van der Waals surface area contributed by atoms with E-state index >= 15 is 0 Å². The maximum Gasteiger partial charge on any atom is 0.120 e. The third-order valence-electron chi connectivity index (χ3n) is 3.80. The number of hydrogen-bond acceptors (Lipinski definition) is 1. The molecule has 1 saturated carbocycles. The molecule has 0 aliphatic heterocycles. The average Bonchev–Trinajstić information content (AvgIpc) is 2.78. The van der Waals surface area contributed by atoms with Crippen LogP contribution in [0.2, 0.25) is 0 Å². The summed E-state index contributed by atoms with van der Waals surface area (Å²) in [5, 5.41) is 0. The van der Waals surface area contributed by atoms with E-state index in [2.05, 4.69) is 18.2 Å². The predicted molar refractivity (Wildman–Crippen MR) is 51.0 cm³/mol. The largest absolute Gasteiger partial charge is 0.303 e. The summed E-state index contributed by atoms with van der Waals surface area (Å²) in [6.07, 6.45) is 11.2. The number of fused-ring (bicyclic) bond motifs is 5. The topological polar surface area (TPSA) is 17.1 Å². The van der Waals surface area contributed by atoms with Gasteiger partial charge in [-0.25, -0.2) is 0 Å². The summed E-state index contributed by atoms with van der Waals surface area (Å²) < 4.78 is 8.31. The van der Waals surface area contributed by atoms with Gasteiger partial charge >= 0.3 is 0 Å². The van der Waals surface area contributed by atoms with Crippen molar-refractivity contribution in [3.63, 3.8) is 0 Å². The number of allylic oxidation sites excluding steroid dienone is 4. The average molecular weight is 175 g/mol. The van der Waals surface area contributed by atoms with Crippen molar-refractivity contribution in [3.8, 4) is 0 Å². The molecule has 0 N–H and O–H groups in total. The minimum atomic E-state index is -0.601. The minimum absolute atomic E-state index is 0.363.